The van der Waals surface area contributed by atoms with Gasteiger partial charge in [0.1, 0.15) is 13.2 Å². The molecule has 5 nitrogen and oxygen atoms in total. The second-order valence-corrected chi connectivity index (χ2v) is 7.67. The van der Waals surface area contributed by atoms with Crippen LogP contribution in [0.3, 0.4) is 0 Å². The Kier molecular flexibility index (Phi) is 5.05. The van der Waals surface area contributed by atoms with Crippen LogP contribution in [0.4, 0.5) is 0 Å². The van der Waals surface area contributed by atoms with Gasteiger partial charge in [0.15, 0.2) is 11.5 Å². The summed E-state index contributed by atoms with van der Waals surface area (Å²) < 4.78 is 13.2. The molecule has 0 saturated heterocycles. The summed E-state index contributed by atoms with van der Waals surface area (Å²) in [5.74, 6) is 1.54. The van der Waals surface area contributed by atoms with Crippen LogP contribution in [-0.2, 0) is 0 Å². The Balaban J connectivity index is 1.76. The van der Waals surface area contributed by atoms with Gasteiger partial charge in [-0.25, -0.2) is 4.68 Å². The Morgan fingerprint density at radius 2 is 1.71 bits per heavy atom. The molecule has 4 rings (SSSR count). The number of hydrogen-bond acceptors (Lipinski definition) is 5. The van der Waals surface area contributed by atoms with Crippen LogP contribution in [0, 0.1) is 20.8 Å². The largest absolute Gasteiger partial charge is 0.486 e. The fourth-order valence-corrected chi connectivity index (χ4v) is 4.04. The number of hydrogen-bond donors (Lipinski definition) is 0. The van der Waals surface area contributed by atoms with Crippen LogP contribution in [0.2, 0.25) is 0 Å². The minimum Gasteiger partial charge on any atom is -0.486 e. The molecule has 1 aliphatic heterocycles. The molecule has 1 aliphatic rings. The fraction of sp³-hybridized carbons (Fsp3) is 0.273. The van der Waals surface area contributed by atoms with Crippen LogP contribution in [0.5, 0.6) is 11.5 Å². The number of nitrogens with zero attached hydrogens (tertiary/aromatic N) is 3. The fourth-order valence-electron chi connectivity index (χ4n) is 3.25. The average molecular weight is 394 g/mol. The third kappa shape index (κ3) is 3.47. The summed E-state index contributed by atoms with van der Waals surface area (Å²) >= 11 is 1.59. The van der Waals surface area contributed by atoms with Crippen molar-refractivity contribution in [2.45, 2.75) is 20.8 Å². The summed E-state index contributed by atoms with van der Waals surface area (Å²) in [6, 6.07) is 10.3. The normalized spacial score (nSPS) is 14.1. The molecule has 0 radical (unpaired) electrons. The van der Waals surface area contributed by atoms with Gasteiger partial charge in [-0.2, -0.15) is 5.10 Å². The Morgan fingerprint density at radius 3 is 2.50 bits per heavy atom. The van der Waals surface area contributed by atoms with Gasteiger partial charge in [0.05, 0.1) is 11.9 Å². The van der Waals surface area contributed by atoms with Crippen molar-refractivity contribution in [2.75, 3.05) is 20.3 Å². The molecule has 3 aromatic rings. The number of thiazole rings is 1. The molecule has 6 heteroatoms. The van der Waals surface area contributed by atoms with Crippen molar-refractivity contribution < 1.29 is 9.47 Å². The number of aromatic nitrogens is 1. The highest BCUT2D eigenvalue weighted by atomic mass is 32.1. The predicted molar refractivity (Wildman–Crippen MR) is 114 cm³/mol. The van der Waals surface area contributed by atoms with E-state index in [-0.39, 0.29) is 0 Å². The van der Waals surface area contributed by atoms with Crippen molar-refractivity contribution in [1.82, 2.24) is 4.68 Å². The van der Waals surface area contributed by atoms with Crippen molar-refractivity contribution in [3.05, 3.63) is 62.8 Å². The lowest BCUT2D eigenvalue weighted by Gasteiger charge is -2.18. The Bertz CT molecular complexity index is 1130. The van der Waals surface area contributed by atoms with E-state index < -0.39 is 0 Å². The zero-order valence-electron chi connectivity index (χ0n) is 16.5. The molecular weight excluding hydrogens is 370 g/mol. The molecule has 0 saturated carbocycles. The first kappa shape index (κ1) is 18.5. The highest BCUT2D eigenvalue weighted by Crippen LogP contribution is 2.30. The SMILES string of the molecule is CN=c1scc(-c2cc(C)c(C)cc2C)n1N=Cc1ccc2c(c1)OCCO2. The summed E-state index contributed by atoms with van der Waals surface area (Å²) in [5, 5.41) is 6.85. The molecule has 0 unspecified atom stereocenters. The van der Waals surface area contributed by atoms with E-state index in [1.807, 2.05) is 29.1 Å². The Labute approximate surface area is 168 Å². The quantitative estimate of drug-likeness (QED) is 0.622. The van der Waals surface area contributed by atoms with Crippen LogP contribution < -0.4 is 14.3 Å². The predicted octanol–water partition coefficient (Wildman–Crippen LogP) is 4.33. The maximum atomic E-state index is 5.67. The van der Waals surface area contributed by atoms with Gasteiger partial charge < -0.3 is 9.47 Å². The molecule has 2 heterocycles. The first-order valence-electron chi connectivity index (χ1n) is 9.22. The molecule has 1 aromatic heterocycles. The maximum absolute atomic E-state index is 5.67. The van der Waals surface area contributed by atoms with E-state index in [0.717, 1.165) is 27.6 Å². The van der Waals surface area contributed by atoms with Gasteiger partial charge >= 0.3 is 0 Å². The second-order valence-electron chi connectivity index (χ2n) is 6.84. The van der Waals surface area contributed by atoms with E-state index in [9.17, 15) is 0 Å². The van der Waals surface area contributed by atoms with Crippen LogP contribution in [0.15, 0.2) is 45.8 Å². The van der Waals surface area contributed by atoms with E-state index in [1.54, 1.807) is 18.4 Å². The van der Waals surface area contributed by atoms with Gasteiger partial charge in [0.25, 0.3) is 0 Å². The van der Waals surface area contributed by atoms with Gasteiger partial charge in [-0.1, -0.05) is 6.07 Å². The first-order valence-corrected chi connectivity index (χ1v) is 10.1. The second kappa shape index (κ2) is 7.64. The molecule has 0 aliphatic carbocycles. The lowest BCUT2D eigenvalue weighted by Crippen LogP contribution is -2.15. The highest BCUT2D eigenvalue weighted by Gasteiger charge is 2.13. The molecule has 28 heavy (non-hydrogen) atoms. The lowest BCUT2D eigenvalue weighted by atomic mass is 9.99. The van der Waals surface area contributed by atoms with E-state index >= 15 is 0 Å². The smallest absolute Gasteiger partial charge is 0.205 e. The van der Waals surface area contributed by atoms with Crippen molar-refractivity contribution in [2.24, 2.45) is 10.1 Å². The van der Waals surface area contributed by atoms with Gasteiger partial charge in [0.2, 0.25) is 4.80 Å². The van der Waals surface area contributed by atoms with Gasteiger partial charge in [-0.05, 0) is 67.3 Å². The minimum atomic E-state index is 0.571. The summed E-state index contributed by atoms with van der Waals surface area (Å²) in [4.78, 5) is 5.24. The molecule has 144 valence electrons. The van der Waals surface area contributed by atoms with Crippen LogP contribution in [0.25, 0.3) is 11.3 Å². The van der Waals surface area contributed by atoms with Crippen LogP contribution in [0.1, 0.15) is 22.3 Å². The number of ether oxygens (including phenoxy) is 2. The number of rotatable bonds is 3. The molecular formula is C22H23N3O2S. The molecule has 0 bridgehead atoms. The molecule has 0 spiro atoms. The molecule has 0 atom stereocenters. The highest BCUT2D eigenvalue weighted by molar-refractivity contribution is 7.07. The van der Waals surface area contributed by atoms with E-state index in [0.29, 0.717) is 13.2 Å². The molecule has 0 N–H and O–H groups in total. The van der Waals surface area contributed by atoms with E-state index in [1.165, 1.54) is 22.3 Å². The van der Waals surface area contributed by atoms with Crippen LogP contribution in [-0.4, -0.2) is 31.2 Å². The monoisotopic (exact) mass is 393 g/mol. The van der Waals surface area contributed by atoms with Gasteiger partial charge in [0, 0.05) is 18.0 Å². The summed E-state index contributed by atoms with van der Waals surface area (Å²) in [7, 11) is 1.79. The summed E-state index contributed by atoms with van der Waals surface area (Å²) in [6.07, 6.45) is 1.83. The number of aryl methyl sites for hydroxylation is 3. The number of benzene rings is 2. The molecule has 0 amide bonds. The topological polar surface area (TPSA) is 48.1 Å². The van der Waals surface area contributed by atoms with Crippen molar-refractivity contribution in [1.29, 1.82) is 0 Å². The average Bonchev–Trinajstić information content (AvgIpc) is 3.11. The standard InChI is InChI=1S/C22H23N3O2S/c1-14-9-16(3)18(10-15(14)2)19-13-28-22(23-4)25(19)24-12-17-5-6-20-21(11-17)27-8-7-26-20/h5-6,9-13H,7-8H2,1-4H3. The minimum absolute atomic E-state index is 0.571. The maximum Gasteiger partial charge on any atom is 0.205 e. The molecule has 0 fully saturated rings. The van der Waals surface area contributed by atoms with Crippen molar-refractivity contribution in [3.8, 4) is 22.8 Å². The van der Waals surface area contributed by atoms with Gasteiger partial charge in [-0.3, -0.25) is 4.99 Å². The zero-order valence-corrected chi connectivity index (χ0v) is 17.3. The van der Waals surface area contributed by atoms with Crippen LogP contribution >= 0.6 is 11.3 Å². The Morgan fingerprint density at radius 1 is 0.964 bits per heavy atom. The summed E-state index contributed by atoms with van der Waals surface area (Å²) in [5.41, 5.74) is 6.96. The van der Waals surface area contributed by atoms with E-state index in [4.69, 9.17) is 14.6 Å². The molecule has 2 aromatic carbocycles. The number of fused-ring (bicyclic) bond motifs is 1. The Hall–Kier alpha value is -2.86. The summed E-state index contributed by atoms with van der Waals surface area (Å²) in [6.45, 7) is 7.57. The van der Waals surface area contributed by atoms with Gasteiger partial charge in [-0.15, -0.1) is 11.3 Å². The zero-order chi connectivity index (χ0) is 19.7. The third-order valence-electron chi connectivity index (χ3n) is 4.88. The third-order valence-corrected chi connectivity index (χ3v) is 5.79. The van der Waals surface area contributed by atoms with Crippen molar-refractivity contribution in [3.63, 3.8) is 0 Å². The lowest BCUT2D eigenvalue weighted by molar-refractivity contribution is 0.171. The van der Waals surface area contributed by atoms with E-state index in [2.05, 4.69) is 43.3 Å². The van der Waals surface area contributed by atoms with Crippen molar-refractivity contribution >= 4 is 17.6 Å². The first-order chi connectivity index (χ1) is 13.6.